The topological polar surface area (TPSA) is 55.8 Å². The van der Waals surface area contributed by atoms with Crippen LogP contribution in [0.3, 0.4) is 0 Å². The van der Waals surface area contributed by atoms with Gasteiger partial charge in [-0.1, -0.05) is 23.2 Å². The summed E-state index contributed by atoms with van der Waals surface area (Å²) in [7, 11) is 2.58. The van der Waals surface area contributed by atoms with Crippen molar-refractivity contribution < 1.29 is 19.4 Å². The highest BCUT2D eigenvalue weighted by Gasteiger charge is 2.23. The first-order chi connectivity index (χ1) is 7.51. The number of benzene rings is 1. The molecule has 0 amide bonds. The average molecular weight is 265 g/mol. The van der Waals surface area contributed by atoms with Crippen molar-refractivity contribution in [1.82, 2.24) is 0 Å². The Morgan fingerprint density at radius 2 is 2.00 bits per heavy atom. The van der Waals surface area contributed by atoms with Gasteiger partial charge in [0.05, 0.1) is 19.2 Å². The quantitative estimate of drug-likeness (QED) is 0.851. The molecule has 0 bridgehead atoms. The first kappa shape index (κ1) is 13.1. The van der Waals surface area contributed by atoms with Gasteiger partial charge in [-0.15, -0.1) is 0 Å². The number of hydrogen-bond donors (Lipinski definition) is 1. The molecule has 0 aromatic heterocycles. The van der Waals surface area contributed by atoms with Crippen molar-refractivity contribution in [2.45, 2.75) is 6.10 Å². The molecule has 0 aliphatic carbocycles. The highest BCUT2D eigenvalue weighted by Crippen LogP contribution is 2.35. The number of ether oxygens (including phenoxy) is 2. The van der Waals surface area contributed by atoms with Gasteiger partial charge in [-0.05, 0) is 6.07 Å². The lowest BCUT2D eigenvalue weighted by Crippen LogP contribution is -2.14. The van der Waals surface area contributed by atoms with E-state index in [2.05, 4.69) is 4.74 Å². The maximum Gasteiger partial charge on any atom is 0.339 e. The van der Waals surface area contributed by atoms with E-state index >= 15 is 0 Å². The number of esters is 1. The van der Waals surface area contributed by atoms with Crippen LogP contribution < -0.4 is 4.74 Å². The van der Waals surface area contributed by atoms with Crippen molar-refractivity contribution in [3.05, 3.63) is 27.7 Å². The summed E-state index contributed by atoms with van der Waals surface area (Å²) in [5.41, 5.74) is 0.151. The zero-order valence-electron chi connectivity index (χ0n) is 8.66. The lowest BCUT2D eigenvalue weighted by atomic mass is 10.1. The molecule has 1 N–H and O–H groups in total. The predicted molar refractivity (Wildman–Crippen MR) is 60.0 cm³/mol. The molecule has 1 unspecified atom stereocenters. The molecule has 1 rings (SSSR count). The molecule has 16 heavy (non-hydrogen) atoms. The minimum absolute atomic E-state index is 0.129. The molecule has 4 nitrogen and oxygen atoms in total. The summed E-state index contributed by atoms with van der Waals surface area (Å²) in [5.74, 6) is -0.529. The molecule has 0 aliphatic heterocycles. The van der Waals surface area contributed by atoms with Crippen molar-refractivity contribution >= 4 is 29.2 Å². The van der Waals surface area contributed by atoms with Crippen LogP contribution >= 0.6 is 23.2 Å². The molecule has 0 spiro atoms. The van der Waals surface area contributed by atoms with Gasteiger partial charge in [0.25, 0.3) is 0 Å². The van der Waals surface area contributed by atoms with Crippen LogP contribution in [0, 0.1) is 0 Å². The summed E-state index contributed by atoms with van der Waals surface area (Å²) in [6.45, 7) is 0. The molecule has 0 fully saturated rings. The van der Waals surface area contributed by atoms with Crippen molar-refractivity contribution in [1.29, 1.82) is 0 Å². The van der Waals surface area contributed by atoms with Crippen LogP contribution in [-0.2, 0) is 9.53 Å². The zero-order chi connectivity index (χ0) is 12.3. The lowest BCUT2D eigenvalue weighted by molar-refractivity contribution is -0.150. The predicted octanol–water partition coefficient (Wildman–Crippen LogP) is 2.21. The van der Waals surface area contributed by atoms with Crippen LogP contribution in [0.5, 0.6) is 5.75 Å². The fourth-order valence-electron chi connectivity index (χ4n) is 1.17. The molecule has 0 radical (unpaired) electrons. The fourth-order valence-corrected chi connectivity index (χ4v) is 1.68. The number of carbonyl (C=O) groups excluding carboxylic acids is 1. The Morgan fingerprint density at radius 1 is 1.38 bits per heavy atom. The van der Waals surface area contributed by atoms with Crippen LogP contribution in [0.4, 0.5) is 0 Å². The number of aliphatic hydroxyl groups is 1. The average Bonchev–Trinajstić information content (AvgIpc) is 2.29. The molecular weight excluding hydrogens is 255 g/mol. The molecule has 1 atom stereocenters. The minimum atomic E-state index is -1.48. The maximum absolute atomic E-state index is 11.2. The number of halogens is 2. The summed E-state index contributed by atoms with van der Waals surface area (Å²) < 4.78 is 9.35. The molecule has 1 aromatic carbocycles. The summed E-state index contributed by atoms with van der Waals surface area (Å²) in [6, 6.07) is 2.87. The minimum Gasteiger partial charge on any atom is -0.495 e. The van der Waals surface area contributed by atoms with Crippen molar-refractivity contribution in [3.8, 4) is 5.75 Å². The normalized spacial score (nSPS) is 12.1. The van der Waals surface area contributed by atoms with Gasteiger partial charge in [0.2, 0.25) is 0 Å². The summed E-state index contributed by atoms with van der Waals surface area (Å²) >= 11 is 11.7. The van der Waals surface area contributed by atoms with Gasteiger partial charge in [0.1, 0.15) is 5.75 Å². The van der Waals surface area contributed by atoms with E-state index in [4.69, 9.17) is 27.9 Å². The van der Waals surface area contributed by atoms with Crippen LogP contribution in [0.15, 0.2) is 12.1 Å². The number of rotatable bonds is 3. The number of carbonyl (C=O) groups is 1. The third-order valence-corrected chi connectivity index (χ3v) is 2.59. The van der Waals surface area contributed by atoms with Crippen LogP contribution in [-0.4, -0.2) is 25.3 Å². The van der Waals surface area contributed by atoms with Crippen molar-refractivity contribution in [3.63, 3.8) is 0 Å². The Morgan fingerprint density at radius 3 is 2.50 bits per heavy atom. The number of methoxy groups -OCH3 is 2. The molecule has 1 aromatic rings. The number of aliphatic hydroxyl groups excluding tert-OH is 1. The van der Waals surface area contributed by atoms with Gasteiger partial charge in [0.15, 0.2) is 6.10 Å². The Hall–Kier alpha value is -0.970. The van der Waals surface area contributed by atoms with E-state index in [0.29, 0.717) is 5.02 Å². The Kier molecular flexibility index (Phi) is 4.41. The monoisotopic (exact) mass is 264 g/mol. The van der Waals surface area contributed by atoms with Gasteiger partial charge in [-0.3, -0.25) is 0 Å². The summed E-state index contributed by atoms with van der Waals surface area (Å²) in [5, 5.41) is 10.1. The van der Waals surface area contributed by atoms with Gasteiger partial charge in [-0.25, -0.2) is 4.79 Å². The van der Waals surface area contributed by atoms with Gasteiger partial charge >= 0.3 is 5.97 Å². The standard InChI is InChI=1S/C10H10Cl2O4/c1-15-7-4-5(11)3-6(8(7)12)9(13)10(14)16-2/h3-4,9,13H,1-2H3. The second kappa shape index (κ2) is 5.39. The largest absolute Gasteiger partial charge is 0.495 e. The van der Waals surface area contributed by atoms with Gasteiger partial charge in [-0.2, -0.15) is 0 Å². The van der Waals surface area contributed by atoms with E-state index in [1.807, 2.05) is 0 Å². The Bertz CT molecular complexity index is 406. The smallest absolute Gasteiger partial charge is 0.339 e. The second-order valence-corrected chi connectivity index (χ2v) is 3.75. The Labute approximate surface area is 103 Å². The molecule has 0 aliphatic rings. The van der Waals surface area contributed by atoms with E-state index in [-0.39, 0.29) is 16.3 Å². The SMILES string of the molecule is COC(=O)C(O)c1cc(Cl)cc(OC)c1Cl. The van der Waals surface area contributed by atoms with Gasteiger partial charge in [0, 0.05) is 16.7 Å². The highest BCUT2D eigenvalue weighted by atomic mass is 35.5. The molecule has 88 valence electrons. The van der Waals surface area contributed by atoms with E-state index in [1.54, 1.807) is 0 Å². The van der Waals surface area contributed by atoms with E-state index in [0.717, 1.165) is 0 Å². The molecule has 0 saturated heterocycles. The van der Waals surface area contributed by atoms with E-state index < -0.39 is 12.1 Å². The summed E-state index contributed by atoms with van der Waals surface area (Å²) in [6.07, 6.45) is -1.48. The summed E-state index contributed by atoms with van der Waals surface area (Å²) in [4.78, 5) is 11.2. The van der Waals surface area contributed by atoms with E-state index in [1.165, 1.54) is 26.4 Å². The molecule has 0 heterocycles. The Balaban J connectivity index is 3.22. The first-order valence-electron chi connectivity index (χ1n) is 4.30. The maximum atomic E-state index is 11.2. The van der Waals surface area contributed by atoms with Crippen molar-refractivity contribution in [2.75, 3.05) is 14.2 Å². The van der Waals surface area contributed by atoms with Crippen LogP contribution in [0.25, 0.3) is 0 Å². The highest BCUT2D eigenvalue weighted by molar-refractivity contribution is 6.35. The molecule has 0 saturated carbocycles. The van der Waals surface area contributed by atoms with E-state index in [9.17, 15) is 9.90 Å². The molecular formula is C10H10Cl2O4. The third kappa shape index (κ3) is 2.58. The van der Waals surface area contributed by atoms with Crippen molar-refractivity contribution in [2.24, 2.45) is 0 Å². The number of hydrogen-bond acceptors (Lipinski definition) is 4. The van der Waals surface area contributed by atoms with Crippen LogP contribution in [0.2, 0.25) is 10.0 Å². The van der Waals surface area contributed by atoms with Crippen LogP contribution in [0.1, 0.15) is 11.7 Å². The zero-order valence-corrected chi connectivity index (χ0v) is 10.2. The first-order valence-corrected chi connectivity index (χ1v) is 5.05. The lowest BCUT2D eigenvalue weighted by Gasteiger charge is -2.13. The molecule has 6 heteroatoms. The van der Waals surface area contributed by atoms with Gasteiger partial charge < -0.3 is 14.6 Å². The second-order valence-electron chi connectivity index (χ2n) is 2.94. The third-order valence-electron chi connectivity index (χ3n) is 1.97. The fraction of sp³-hybridized carbons (Fsp3) is 0.300.